The van der Waals surface area contributed by atoms with Gasteiger partial charge in [0.05, 0.1) is 11.4 Å². The van der Waals surface area contributed by atoms with Crippen molar-refractivity contribution in [2.24, 2.45) is 0 Å². The molecule has 7 nitrogen and oxygen atoms in total. The van der Waals surface area contributed by atoms with Crippen molar-refractivity contribution < 1.29 is 22.7 Å². The summed E-state index contributed by atoms with van der Waals surface area (Å²) in [5.74, 6) is -1.82. The number of H-pyrrole nitrogens is 1. The van der Waals surface area contributed by atoms with Crippen LogP contribution < -0.4 is 0 Å². The van der Waals surface area contributed by atoms with E-state index in [2.05, 4.69) is 10.2 Å². The van der Waals surface area contributed by atoms with Crippen LogP contribution in [-0.2, 0) is 21.4 Å². The Kier molecular flexibility index (Phi) is 4.81. The number of hydrogen-bond donors (Lipinski definition) is 2. The molecule has 0 bridgehead atoms. The number of aliphatic carboxylic acids is 1. The fourth-order valence-corrected chi connectivity index (χ4v) is 3.97. The minimum Gasteiger partial charge on any atom is -0.480 e. The van der Waals surface area contributed by atoms with Gasteiger partial charge in [-0.3, -0.25) is 9.89 Å². The lowest BCUT2D eigenvalue weighted by Crippen LogP contribution is -2.35. The van der Waals surface area contributed by atoms with Crippen molar-refractivity contribution in [1.29, 1.82) is 0 Å². The summed E-state index contributed by atoms with van der Waals surface area (Å²) in [6.07, 6.45) is 0. The molecule has 0 saturated heterocycles. The van der Waals surface area contributed by atoms with E-state index in [1.54, 1.807) is 0 Å². The second-order valence-electron chi connectivity index (χ2n) is 5.06. The lowest BCUT2D eigenvalue weighted by Gasteiger charge is -2.20. The maximum Gasteiger partial charge on any atom is 0.318 e. The maximum atomic E-state index is 13.3. The van der Waals surface area contributed by atoms with Crippen LogP contribution in [0.2, 0.25) is 0 Å². The minimum absolute atomic E-state index is 0.0600. The Balaban J connectivity index is 2.44. The van der Waals surface area contributed by atoms with Crippen molar-refractivity contribution in [3.05, 3.63) is 47.0 Å². The van der Waals surface area contributed by atoms with E-state index >= 15 is 0 Å². The van der Waals surface area contributed by atoms with Crippen LogP contribution in [-0.4, -0.2) is 40.5 Å². The van der Waals surface area contributed by atoms with Crippen molar-refractivity contribution in [3.8, 4) is 0 Å². The molecule has 0 amide bonds. The highest BCUT2D eigenvalue weighted by Gasteiger charge is 2.31. The van der Waals surface area contributed by atoms with Crippen LogP contribution in [0.25, 0.3) is 0 Å². The van der Waals surface area contributed by atoms with E-state index in [0.29, 0.717) is 11.3 Å². The Hall–Kier alpha value is -2.26. The summed E-state index contributed by atoms with van der Waals surface area (Å²) in [7, 11) is -4.09. The lowest BCUT2D eigenvalue weighted by molar-refractivity contribution is -0.137. The van der Waals surface area contributed by atoms with E-state index in [-0.39, 0.29) is 17.1 Å². The van der Waals surface area contributed by atoms with Gasteiger partial charge in [-0.15, -0.1) is 0 Å². The Morgan fingerprint density at radius 3 is 2.61 bits per heavy atom. The quantitative estimate of drug-likeness (QED) is 0.827. The average molecular weight is 341 g/mol. The maximum absolute atomic E-state index is 13.3. The summed E-state index contributed by atoms with van der Waals surface area (Å²) >= 11 is 0. The Labute approximate surface area is 132 Å². The molecule has 2 N–H and O–H groups in total. The summed E-state index contributed by atoms with van der Waals surface area (Å²) in [4.78, 5) is 11.0. The minimum atomic E-state index is -4.09. The van der Waals surface area contributed by atoms with E-state index in [4.69, 9.17) is 5.11 Å². The molecule has 2 rings (SSSR count). The molecular formula is C14H16FN3O4S. The fourth-order valence-electron chi connectivity index (χ4n) is 2.27. The predicted octanol–water partition coefficient (Wildman–Crippen LogP) is 1.44. The number of halogens is 1. The predicted molar refractivity (Wildman–Crippen MR) is 79.7 cm³/mol. The third-order valence-electron chi connectivity index (χ3n) is 3.22. The van der Waals surface area contributed by atoms with Gasteiger partial charge in [0.1, 0.15) is 17.3 Å². The van der Waals surface area contributed by atoms with Gasteiger partial charge in [-0.2, -0.15) is 9.40 Å². The van der Waals surface area contributed by atoms with Crippen molar-refractivity contribution in [1.82, 2.24) is 14.5 Å². The number of aryl methyl sites for hydroxylation is 2. The Morgan fingerprint density at radius 2 is 2.09 bits per heavy atom. The topological polar surface area (TPSA) is 103 Å². The van der Waals surface area contributed by atoms with Gasteiger partial charge in [-0.25, -0.2) is 12.8 Å². The molecule has 0 spiro atoms. The van der Waals surface area contributed by atoms with Gasteiger partial charge in [-0.05, 0) is 31.5 Å². The number of rotatable bonds is 6. The highest BCUT2D eigenvalue weighted by molar-refractivity contribution is 7.89. The highest BCUT2D eigenvalue weighted by Crippen LogP contribution is 2.23. The van der Waals surface area contributed by atoms with E-state index in [1.807, 2.05) is 0 Å². The number of sulfonamides is 1. The molecule has 9 heteroatoms. The second-order valence-corrected chi connectivity index (χ2v) is 6.93. The molecule has 0 atom stereocenters. The van der Waals surface area contributed by atoms with Crippen LogP contribution in [0.1, 0.15) is 17.0 Å². The molecule has 0 aliphatic rings. The van der Waals surface area contributed by atoms with Gasteiger partial charge in [0.2, 0.25) is 10.0 Å². The van der Waals surface area contributed by atoms with Crippen molar-refractivity contribution in [2.75, 3.05) is 6.54 Å². The first-order chi connectivity index (χ1) is 10.7. The normalized spacial score (nSPS) is 11.8. The molecular weight excluding hydrogens is 325 g/mol. The Morgan fingerprint density at radius 1 is 1.39 bits per heavy atom. The average Bonchev–Trinajstić information content (AvgIpc) is 2.77. The zero-order valence-corrected chi connectivity index (χ0v) is 13.4. The number of nitrogens with zero attached hydrogens (tertiary/aromatic N) is 2. The molecule has 1 aromatic carbocycles. The number of hydrogen-bond acceptors (Lipinski definition) is 4. The Bertz CT molecular complexity index is 813. The lowest BCUT2D eigenvalue weighted by atomic mass is 10.2. The summed E-state index contributed by atoms with van der Waals surface area (Å²) in [6.45, 7) is 2.06. The largest absolute Gasteiger partial charge is 0.480 e. The van der Waals surface area contributed by atoms with Gasteiger partial charge in [0, 0.05) is 6.54 Å². The van der Waals surface area contributed by atoms with Gasteiger partial charge in [0.25, 0.3) is 0 Å². The molecule has 0 saturated carbocycles. The van der Waals surface area contributed by atoms with Crippen molar-refractivity contribution >= 4 is 16.0 Å². The number of aromatic nitrogens is 2. The first-order valence-corrected chi connectivity index (χ1v) is 8.13. The van der Waals surface area contributed by atoms with Crippen LogP contribution in [0.4, 0.5) is 4.39 Å². The summed E-state index contributed by atoms with van der Waals surface area (Å²) in [6, 6.07) is 5.36. The highest BCUT2D eigenvalue weighted by atomic mass is 32.2. The van der Waals surface area contributed by atoms with E-state index < -0.39 is 28.4 Å². The van der Waals surface area contributed by atoms with E-state index in [9.17, 15) is 17.6 Å². The number of aromatic amines is 1. The van der Waals surface area contributed by atoms with Gasteiger partial charge >= 0.3 is 5.97 Å². The van der Waals surface area contributed by atoms with Gasteiger partial charge in [-0.1, -0.05) is 12.1 Å². The first-order valence-electron chi connectivity index (χ1n) is 6.69. The standard InChI is InChI=1S/C14H16FN3O4S/c1-9-14(10(2)17-16-9)23(21,22)18(8-13(19)20)7-11-4-3-5-12(15)6-11/h3-6H,7-8H2,1-2H3,(H,16,17)(H,19,20). The van der Waals surface area contributed by atoms with Crippen molar-refractivity contribution in [2.45, 2.75) is 25.3 Å². The molecule has 1 heterocycles. The smallest absolute Gasteiger partial charge is 0.318 e. The molecule has 124 valence electrons. The van der Waals surface area contributed by atoms with Crippen LogP contribution in [0.15, 0.2) is 29.2 Å². The molecule has 23 heavy (non-hydrogen) atoms. The third kappa shape index (κ3) is 3.74. The molecule has 0 aliphatic carbocycles. The number of benzene rings is 1. The zero-order valence-electron chi connectivity index (χ0n) is 12.6. The van der Waals surface area contributed by atoms with E-state index in [1.165, 1.54) is 38.1 Å². The van der Waals surface area contributed by atoms with Crippen LogP contribution >= 0.6 is 0 Å². The molecule has 0 radical (unpaired) electrons. The molecule has 1 aromatic heterocycles. The van der Waals surface area contributed by atoms with Crippen molar-refractivity contribution in [3.63, 3.8) is 0 Å². The number of nitrogens with one attached hydrogen (secondary N) is 1. The number of carbonyl (C=O) groups is 1. The molecule has 0 fully saturated rings. The van der Waals surface area contributed by atoms with E-state index in [0.717, 1.165) is 4.31 Å². The monoisotopic (exact) mass is 341 g/mol. The SMILES string of the molecule is Cc1n[nH]c(C)c1S(=O)(=O)N(CC(=O)O)Cc1cccc(F)c1. The first kappa shape index (κ1) is 17.1. The van der Waals surface area contributed by atoms with Crippen LogP contribution in [0.5, 0.6) is 0 Å². The van der Waals surface area contributed by atoms with Gasteiger partial charge in [0.15, 0.2) is 0 Å². The second kappa shape index (κ2) is 6.47. The molecule has 0 aliphatic heterocycles. The molecule has 2 aromatic rings. The summed E-state index contributed by atoms with van der Waals surface area (Å²) in [5, 5.41) is 15.4. The number of carboxylic acid groups (broad SMARTS) is 1. The fraction of sp³-hybridized carbons (Fsp3) is 0.286. The number of carboxylic acids is 1. The summed E-state index contributed by atoms with van der Waals surface area (Å²) in [5.41, 5.74) is 0.919. The van der Waals surface area contributed by atoms with Gasteiger partial charge < -0.3 is 5.11 Å². The van der Waals surface area contributed by atoms with Crippen LogP contribution in [0.3, 0.4) is 0 Å². The zero-order chi connectivity index (χ0) is 17.2. The molecule has 0 unspecified atom stereocenters. The third-order valence-corrected chi connectivity index (χ3v) is 5.27. The van der Waals surface area contributed by atoms with Crippen LogP contribution in [0, 0.1) is 19.7 Å². The summed E-state index contributed by atoms with van der Waals surface area (Å²) < 4.78 is 39.6.